The summed E-state index contributed by atoms with van der Waals surface area (Å²) < 4.78 is 9.95. The molecule has 1 atom stereocenters. The zero-order valence-corrected chi connectivity index (χ0v) is 22.3. The maximum Gasteiger partial charge on any atom is 0.323 e. The highest BCUT2D eigenvalue weighted by Gasteiger charge is 2.36. The number of nitrogens with one attached hydrogen (secondary N) is 1. The third kappa shape index (κ3) is 4.46. The largest absolute Gasteiger partial charge is 0.492 e. The number of rotatable bonds is 5. The van der Waals surface area contributed by atoms with E-state index in [-0.39, 0.29) is 12.1 Å². The van der Waals surface area contributed by atoms with Crippen molar-refractivity contribution in [3.05, 3.63) is 125 Å². The summed E-state index contributed by atoms with van der Waals surface area (Å²) in [6, 6.07) is 29.7. The van der Waals surface area contributed by atoms with Crippen LogP contribution in [0.1, 0.15) is 41.0 Å². The van der Waals surface area contributed by atoms with Gasteiger partial charge in [0.05, 0.1) is 42.0 Å². The number of nitrogens with zero attached hydrogens (tertiary/aromatic N) is 4. The number of anilines is 1. The van der Waals surface area contributed by atoms with E-state index in [1.807, 2.05) is 84.1 Å². The number of carbonyl (C=O) groups excluding carboxylic acids is 1. The summed E-state index contributed by atoms with van der Waals surface area (Å²) >= 11 is 0. The molecule has 0 saturated carbocycles. The average Bonchev–Trinajstić information content (AvgIpc) is 3.51. The predicted molar refractivity (Wildman–Crippen MR) is 153 cm³/mol. The molecule has 2 amide bonds. The number of urea groups is 1. The first kappa shape index (κ1) is 24.6. The monoisotopic (exact) mass is 517 g/mol. The summed E-state index contributed by atoms with van der Waals surface area (Å²) in [5.74, 6) is 1.59. The molecule has 39 heavy (non-hydrogen) atoms. The molecule has 0 radical (unpaired) electrons. The normalized spacial score (nSPS) is 14.3. The lowest BCUT2D eigenvalue weighted by Gasteiger charge is -2.31. The number of aromatic nitrogens is 3. The molecular formula is C32H31N5O2. The number of amides is 2. The molecule has 0 spiro atoms. The van der Waals surface area contributed by atoms with Crippen LogP contribution in [-0.4, -0.2) is 31.9 Å². The number of carbonyl (C=O) groups is 1. The van der Waals surface area contributed by atoms with Gasteiger partial charge in [-0.1, -0.05) is 60.2 Å². The Morgan fingerprint density at radius 3 is 2.46 bits per heavy atom. The Balaban J connectivity index is 1.51. The fourth-order valence-corrected chi connectivity index (χ4v) is 5.29. The second-order valence-electron chi connectivity index (χ2n) is 9.74. The number of hydrogen-bond acceptors (Lipinski definition) is 3. The molecule has 1 aliphatic rings. The number of ether oxygens (including phenoxy) is 1. The van der Waals surface area contributed by atoms with Crippen LogP contribution in [0.3, 0.4) is 0 Å². The van der Waals surface area contributed by atoms with Gasteiger partial charge in [0.2, 0.25) is 0 Å². The van der Waals surface area contributed by atoms with Crippen molar-refractivity contribution >= 4 is 11.7 Å². The predicted octanol–water partition coefficient (Wildman–Crippen LogP) is 6.82. The first-order chi connectivity index (χ1) is 19.0. The van der Waals surface area contributed by atoms with E-state index in [1.165, 1.54) is 5.56 Å². The van der Waals surface area contributed by atoms with E-state index in [0.717, 1.165) is 34.0 Å². The van der Waals surface area contributed by atoms with Gasteiger partial charge in [-0.15, -0.1) is 0 Å². The Kier molecular flexibility index (Phi) is 6.40. The smallest absolute Gasteiger partial charge is 0.323 e. The lowest BCUT2D eigenvalue weighted by atomic mass is 10.0. The molecule has 0 bridgehead atoms. The van der Waals surface area contributed by atoms with Crippen LogP contribution in [0.4, 0.5) is 10.5 Å². The van der Waals surface area contributed by atoms with Gasteiger partial charge in [0.25, 0.3) is 0 Å². The lowest BCUT2D eigenvalue weighted by Crippen LogP contribution is -2.38. The van der Waals surface area contributed by atoms with Crippen LogP contribution in [0.25, 0.3) is 11.5 Å². The molecule has 7 nitrogen and oxygen atoms in total. The maximum atomic E-state index is 14.2. The van der Waals surface area contributed by atoms with E-state index in [4.69, 9.17) is 9.84 Å². The minimum absolute atomic E-state index is 0.208. The first-order valence-corrected chi connectivity index (χ1v) is 13.2. The van der Waals surface area contributed by atoms with E-state index in [1.54, 1.807) is 0 Å². The van der Waals surface area contributed by atoms with Gasteiger partial charge in [-0.25, -0.2) is 9.48 Å². The Morgan fingerprint density at radius 1 is 0.949 bits per heavy atom. The number of para-hydroxylation sites is 3. The van der Waals surface area contributed by atoms with Crippen LogP contribution in [0.5, 0.6) is 5.75 Å². The fourth-order valence-electron chi connectivity index (χ4n) is 5.29. The molecule has 0 saturated heterocycles. The molecule has 0 aliphatic carbocycles. The molecule has 1 N–H and O–H groups in total. The van der Waals surface area contributed by atoms with Gasteiger partial charge in [0.15, 0.2) is 0 Å². The van der Waals surface area contributed by atoms with Gasteiger partial charge in [-0.2, -0.15) is 5.10 Å². The van der Waals surface area contributed by atoms with E-state index >= 15 is 0 Å². The fraction of sp³-hybridized carbons (Fsp3) is 0.188. The molecule has 5 aromatic rings. The van der Waals surface area contributed by atoms with Gasteiger partial charge in [-0.3, -0.25) is 0 Å². The molecule has 196 valence electrons. The van der Waals surface area contributed by atoms with Crippen molar-refractivity contribution in [2.45, 2.75) is 33.4 Å². The Labute approximate surface area is 228 Å². The molecule has 0 fully saturated rings. The molecule has 0 unspecified atom stereocenters. The number of benzene rings is 3. The van der Waals surface area contributed by atoms with Crippen LogP contribution in [0.2, 0.25) is 0 Å². The standard InChI is InChI=1S/C32H31N5O2/c1-4-39-29-15-9-8-13-27(29)33-32(38)36-21-26-23(3)34-37(25-11-6-5-7-12-25)31(26)35-20-10-14-28(35)30(36)24-18-16-22(2)17-19-24/h5-20,30H,4,21H2,1-3H3,(H,33,38)/t30-/m0/s1. The zero-order valence-electron chi connectivity index (χ0n) is 22.3. The first-order valence-electron chi connectivity index (χ1n) is 13.2. The average molecular weight is 518 g/mol. The molecule has 2 aromatic heterocycles. The van der Waals surface area contributed by atoms with E-state index in [9.17, 15) is 4.79 Å². The summed E-state index contributed by atoms with van der Waals surface area (Å²) in [6.07, 6.45) is 2.06. The van der Waals surface area contributed by atoms with Crippen molar-refractivity contribution in [3.8, 4) is 17.3 Å². The van der Waals surface area contributed by atoms with Crippen molar-refractivity contribution < 1.29 is 9.53 Å². The Morgan fingerprint density at radius 2 is 1.69 bits per heavy atom. The van der Waals surface area contributed by atoms with E-state index in [0.29, 0.717) is 24.6 Å². The van der Waals surface area contributed by atoms with Crippen LogP contribution >= 0.6 is 0 Å². The van der Waals surface area contributed by atoms with Crippen LogP contribution < -0.4 is 10.1 Å². The summed E-state index contributed by atoms with van der Waals surface area (Å²) in [7, 11) is 0. The second kappa shape index (κ2) is 10.2. The summed E-state index contributed by atoms with van der Waals surface area (Å²) in [6.45, 7) is 6.91. The van der Waals surface area contributed by atoms with Crippen molar-refractivity contribution in [3.63, 3.8) is 0 Å². The van der Waals surface area contributed by atoms with Gasteiger partial charge in [-0.05, 0) is 62.7 Å². The highest BCUT2D eigenvalue weighted by Crippen LogP contribution is 2.39. The molecular weight excluding hydrogens is 486 g/mol. The highest BCUT2D eigenvalue weighted by molar-refractivity contribution is 5.91. The molecule has 3 heterocycles. The Hall–Kier alpha value is -4.78. The number of hydrogen-bond donors (Lipinski definition) is 1. The van der Waals surface area contributed by atoms with Crippen molar-refractivity contribution in [2.75, 3.05) is 11.9 Å². The zero-order chi connectivity index (χ0) is 26.9. The van der Waals surface area contributed by atoms with Gasteiger partial charge in [0, 0.05) is 11.8 Å². The minimum atomic E-state index is -0.323. The van der Waals surface area contributed by atoms with Gasteiger partial charge >= 0.3 is 6.03 Å². The topological polar surface area (TPSA) is 64.3 Å². The van der Waals surface area contributed by atoms with E-state index < -0.39 is 0 Å². The number of fused-ring (bicyclic) bond motifs is 3. The van der Waals surface area contributed by atoms with Crippen molar-refractivity contribution in [1.29, 1.82) is 0 Å². The van der Waals surface area contributed by atoms with Crippen molar-refractivity contribution in [1.82, 2.24) is 19.2 Å². The van der Waals surface area contributed by atoms with Gasteiger partial charge in [0.1, 0.15) is 11.6 Å². The SMILES string of the molecule is CCOc1ccccc1NC(=O)N1Cc2c(C)nn(-c3ccccc3)c2-n2cccc2[C@@H]1c1ccc(C)cc1. The summed E-state index contributed by atoms with van der Waals surface area (Å²) in [4.78, 5) is 16.1. The van der Waals surface area contributed by atoms with Crippen LogP contribution in [-0.2, 0) is 6.54 Å². The third-order valence-corrected chi connectivity index (χ3v) is 7.17. The maximum absolute atomic E-state index is 14.2. The van der Waals surface area contributed by atoms with E-state index in [2.05, 4.69) is 53.3 Å². The molecule has 3 aromatic carbocycles. The summed E-state index contributed by atoms with van der Waals surface area (Å²) in [5, 5.41) is 8.07. The summed E-state index contributed by atoms with van der Waals surface area (Å²) in [5.41, 5.74) is 6.69. The minimum Gasteiger partial charge on any atom is -0.492 e. The Bertz CT molecular complexity index is 1620. The quantitative estimate of drug-likeness (QED) is 0.278. The molecule has 6 rings (SSSR count). The molecule has 7 heteroatoms. The third-order valence-electron chi connectivity index (χ3n) is 7.17. The lowest BCUT2D eigenvalue weighted by molar-refractivity contribution is 0.194. The van der Waals surface area contributed by atoms with Crippen LogP contribution in [0.15, 0.2) is 97.2 Å². The van der Waals surface area contributed by atoms with Crippen LogP contribution in [0, 0.1) is 13.8 Å². The highest BCUT2D eigenvalue weighted by atomic mass is 16.5. The second-order valence-corrected chi connectivity index (χ2v) is 9.74. The van der Waals surface area contributed by atoms with Crippen molar-refractivity contribution in [2.24, 2.45) is 0 Å². The van der Waals surface area contributed by atoms with Gasteiger partial charge < -0.3 is 19.5 Å². The molecule has 1 aliphatic heterocycles. The number of aryl methyl sites for hydroxylation is 2.